The molecule has 134 valence electrons. The van der Waals surface area contributed by atoms with Crippen LogP contribution in [-0.2, 0) is 16.2 Å². The third kappa shape index (κ3) is 2.27. The number of hydrogen-bond donors (Lipinski definition) is 1. The van der Waals surface area contributed by atoms with Gasteiger partial charge in [0.1, 0.15) is 0 Å². The second-order valence-corrected chi connectivity index (χ2v) is 9.02. The molecule has 2 saturated carbocycles. The SMILES string of the molecule is N#Cc1ccc(N2C[C@H]3[C@@H]4C[C@H]([C@H]3S2(=O)=O)[C@@H](O)C4)cc1C(F)(F)F. The molecular weight excluding hydrogens is 357 g/mol. The summed E-state index contributed by atoms with van der Waals surface area (Å²) in [5.41, 5.74) is -1.75. The smallest absolute Gasteiger partial charge is 0.393 e. The van der Waals surface area contributed by atoms with Crippen LogP contribution < -0.4 is 4.31 Å². The standard InChI is InChI=1S/C16H15F3N2O3S/c17-16(18,19)13-5-10(2-1-8(13)6-20)21-7-12-9-3-11(14(22)4-9)15(12)25(21,23)24/h1-2,5,9,11-12,14-15,22H,3-4,7H2/t9-,11+,12+,14+,15-/m1/s1. The van der Waals surface area contributed by atoms with E-state index in [4.69, 9.17) is 5.26 Å². The van der Waals surface area contributed by atoms with Crippen LogP contribution in [0.2, 0.25) is 0 Å². The first-order valence-electron chi connectivity index (χ1n) is 7.95. The monoisotopic (exact) mass is 372 g/mol. The third-order valence-corrected chi connectivity index (χ3v) is 8.17. The molecule has 5 nitrogen and oxygen atoms in total. The Kier molecular flexibility index (Phi) is 3.41. The van der Waals surface area contributed by atoms with E-state index < -0.39 is 38.7 Å². The predicted octanol–water partition coefficient (Wildman–Crippen LogP) is 2.11. The molecule has 1 aromatic carbocycles. The lowest BCUT2D eigenvalue weighted by molar-refractivity contribution is -0.137. The van der Waals surface area contributed by atoms with Gasteiger partial charge in [0.15, 0.2) is 0 Å². The fourth-order valence-corrected chi connectivity index (χ4v) is 7.35. The quantitative estimate of drug-likeness (QED) is 0.819. The van der Waals surface area contributed by atoms with Crippen molar-refractivity contribution in [2.45, 2.75) is 30.4 Å². The van der Waals surface area contributed by atoms with E-state index in [1.54, 1.807) is 0 Å². The first kappa shape index (κ1) is 16.7. The van der Waals surface area contributed by atoms with Crippen LogP contribution in [0.25, 0.3) is 0 Å². The highest BCUT2D eigenvalue weighted by atomic mass is 32.2. The number of nitriles is 1. The highest BCUT2D eigenvalue weighted by molar-refractivity contribution is 7.93. The topological polar surface area (TPSA) is 81.4 Å². The zero-order valence-electron chi connectivity index (χ0n) is 12.9. The Hall–Kier alpha value is -1.79. The lowest BCUT2D eigenvalue weighted by atomic mass is 9.87. The van der Waals surface area contributed by atoms with Crippen molar-refractivity contribution in [2.24, 2.45) is 17.8 Å². The van der Waals surface area contributed by atoms with E-state index >= 15 is 0 Å². The summed E-state index contributed by atoms with van der Waals surface area (Å²) in [4.78, 5) is 0. The van der Waals surface area contributed by atoms with Gasteiger partial charge in [0.2, 0.25) is 10.0 Å². The van der Waals surface area contributed by atoms with Crippen molar-refractivity contribution >= 4 is 15.7 Å². The van der Waals surface area contributed by atoms with Crippen molar-refractivity contribution in [2.75, 3.05) is 10.8 Å². The summed E-state index contributed by atoms with van der Waals surface area (Å²) in [5.74, 6) is -0.418. The minimum atomic E-state index is -4.74. The van der Waals surface area contributed by atoms with Crippen LogP contribution in [0, 0.1) is 29.1 Å². The Bertz CT molecular complexity index is 878. The van der Waals surface area contributed by atoms with Crippen molar-refractivity contribution in [3.8, 4) is 6.07 Å². The van der Waals surface area contributed by atoms with Gasteiger partial charge in [0, 0.05) is 12.5 Å². The summed E-state index contributed by atoms with van der Waals surface area (Å²) in [6.45, 7) is 0.129. The van der Waals surface area contributed by atoms with Gasteiger partial charge in [-0.1, -0.05) is 0 Å². The van der Waals surface area contributed by atoms with E-state index in [2.05, 4.69) is 0 Å². The minimum Gasteiger partial charge on any atom is -0.393 e. The van der Waals surface area contributed by atoms with Crippen molar-refractivity contribution in [3.63, 3.8) is 0 Å². The maximum Gasteiger partial charge on any atom is 0.417 e. The molecule has 0 unspecified atom stereocenters. The number of benzene rings is 1. The Morgan fingerprint density at radius 1 is 1.24 bits per heavy atom. The normalized spacial score (nSPS) is 35.6. The lowest BCUT2D eigenvalue weighted by Crippen LogP contribution is -2.38. The highest BCUT2D eigenvalue weighted by Gasteiger charge is 2.62. The summed E-state index contributed by atoms with van der Waals surface area (Å²) in [7, 11) is -3.84. The lowest BCUT2D eigenvalue weighted by Gasteiger charge is -2.26. The van der Waals surface area contributed by atoms with Gasteiger partial charge >= 0.3 is 6.18 Å². The van der Waals surface area contributed by atoms with Gasteiger partial charge in [-0.15, -0.1) is 0 Å². The number of rotatable bonds is 1. The van der Waals surface area contributed by atoms with Crippen molar-refractivity contribution in [3.05, 3.63) is 29.3 Å². The largest absolute Gasteiger partial charge is 0.417 e. The molecular formula is C16H15F3N2O3S. The number of aliphatic hydroxyl groups excluding tert-OH is 1. The fourth-order valence-electron chi connectivity index (χ4n) is 4.79. The number of aliphatic hydroxyl groups is 1. The molecule has 2 aliphatic carbocycles. The van der Waals surface area contributed by atoms with Gasteiger partial charge in [0.25, 0.3) is 0 Å². The van der Waals surface area contributed by atoms with Gasteiger partial charge in [-0.3, -0.25) is 4.31 Å². The maximum atomic E-state index is 13.2. The number of alkyl halides is 3. The molecule has 0 radical (unpaired) electrons. The molecule has 3 fully saturated rings. The molecule has 1 saturated heterocycles. The van der Waals surface area contributed by atoms with Crippen LogP contribution in [0.1, 0.15) is 24.0 Å². The molecule has 0 amide bonds. The summed E-state index contributed by atoms with van der Waals surface area (Å²) in [5, 5.41) is 18.1. The van der Waals surface area contributed by atoms with Crippen LogP contribution in [0.5, 0.6) is 0 Å². The number of anilines is 1. The van der Waals surface area contributed by atoms with Crippen LogP contribution in [0.15, 0.2) is 18.2 Å². The Labute approximate surface area is 142 Å². The van der Waals surface area contributed by atoms with E-state index in [0.29, 0.717) is 12.8 Å². The Balaban J connectivity index is 1.76. The summed E-state index contributed by atoms with van der Waals surface area (Å²) >= 11 is 0. The number of nitrogens with zero attached hydrogens (tertiary/aromatic N) is 2. The zero-order chi connectivity index (χ0) is 18.1. The van der Waals surface area contributed by atoms with E-state index in [0.717, 1.165) is 16.4 Å². The van der Waals surface area contributed by atoms with E-state index in [1.165, 1.54) is 12.1 Å². The molecule has 4 rings (SSSR count). The highest BCUT2D eigenvalue weighted by Crippen LogP contribution is 2.56. The van der Waals surface area contributed by atoms with Gasteiger partial charge in [-0.25, -0.2) is 8.42 Å². The number of sulfonamides is 1. The number of fused-ring (bicyclic) bond motifs is 5. The summed E-state index contributed by atoms with van der Waals surface area (Å²) in [6, 6.07) is 4.47. The summed E-state index contributed by atoms with van der Waals surface area (Å²) < 4.78 is 66.3. The minimum absolute atomic E-state index is 0.0744. The van der Waals surface area contributed by atoms with E-state index in [1.807, 2.05) is 0 Å². The fraction of sp³-hybridized carbons (Fsp3) is 0.562. The van der Waals surface area contributed by atoms with Crippen LogP contribution in [0.3, 0.4) is 0 Å². The predicted molar refractivity (Wildman–Crippen MR) is 81.9 cm³/mol. The van der Waals surface area contributed by atoms with E-state index in [-0.39, 0.29) is 30.0 Å². The third-order valence-electron chi connectivity index (χ3n) is 5.81. The zero-order valence-corrected chi connectivity index (χ0v) is 13.8. The van der Waals surface area contributed by atoms with Gasteiger partial charge in [-0.05, 0) is 42.9 Å². The van der Waals surface area contributed by atoms with E-state index in [9.17, 15) is 26.7 Å². The molecule has 9 heteroatoms. The molecule has 1 heterocycles. The average molecular weight is 372 g/mol. The molecule has 0 aromatic heterocycles. The Morgan fingerprint density at radius 3 is 2.60 bits per heavy atom. The maximum absolute atomic E-state index is 13.2. The number of halogens is 3. The molecule has 25 heavy (non-hydrogen) atoms. The molecule has 3 aliphatic rings. The Morgan fingerprint density at radius 2 is 1.96 bits per heavy atom. The molecule has 1 aromatic rings. The van der Waals surface area contributed by atoms with Crippen LogP contribution >= 0.6 is 0 Å². The average Bonchev–Trinajstić information content (AvgIpc) is 3.15. The molecule has 5 atom stereocenters. The van der Waals surface area contributed by atoms with Crippen molar-refractivity contribution in [1.29, 1.82) is 5.26 Å². The molecule has 1 aliphatic heterocycles. The van der Waals surface area contributed by atoms with Crippen LogP contribution in [-0.4, -0.2) is 31.4 Å². The second kappa shape index (κ2) is 5.11. The number of hydrogen-bond acceptors (Lipinski definition) is 4. The van der Waals surface area contributed by atoms with Gasteiger partial charge < -0.3 is 5.11 Å². The second-order valence-electron chi connectivity index (χ2n) is 7.01. The molecule has 1 N–H and O–H groups in total. The van der Waals surface area contributed by atoms with Gasteiger partial charge in [0.05, 0.1) is 34.2 Å². The first-order valence-corrected chi connectivity index (χ1v) is 9.46. The van der Waals surface area contributed by atoms with Crippen molar-refractivity contribution < 1.29 is 26.7 Å². The van der Waals surface area contributed by atoms with Crippen molar-refractivity contribution in [1.82, 2.24) is 0 Å². The van der Waals surface area contributed by atoms with Gasteiger partial charge in [-0.2, -0.15) is 18.4 Å². The molecule has 0 spiro atoms. The van der Waals surface area contributed by atoms with Crippen LogP contribution in [0.4, 0.5) is 18.9 Å². The molecule has 2 bridgehead atoms. The summed E-state index contributed by atoms with van der Waals surface area (Å²) in [6.07, 6.45) is -4.19. The first-order chi connectivity index (χ1) is 11.6.